The van der Waals surface area contributed by atoms with E-state index in [-0.39, 0.29) is 23.3 Å². The summed E-state index contributed by atoms with van der Waals surface area (Å²) in [5.41, 5.74) is 0. The van der Waals surface area contributed by atoms with Gasteiger partial charge in [-0.2, -0.15) is 0 Å². The molecule has 1 aliphatic rings. The molecule has 1 saturated heterocycles. The fourth-order valence-corrected chi connectivity index (χ4v) is 8.46. The van der Waals surface area contributed by atoms with Crippen LogP contribution in [-0.2, 0) is 9.47 Å². The maximum atomic E-state index is 5.89. The van der Waals surface area contributed by atoms with Crippen molar-refractivity contribution in [3.63, 3.8) is 0 Å². The van der Waals surface area contributed by atoms with Crippen molar-refractivity contribution < 1.29 is 26.5 Å². The van der Waals surface area contributed by atoms with Crippen molar-refractivity contribution in [3.05, 3.63) is 103 Å². The first-order chi connectivity index (χ1) is 15.9. The molecule has 1 unspecified atom stereocenters. The molecule has 174 valence electrons. The van der Waals surface area contributed by atoms with Crippen molar-refractivity contribution in [2.24, 2.45) is 0 Å². The number of hydrogen-bond acceptors (Lipinski definition) is 2. The topological polar surface area (TPSA) is 18.5 Å². The molecule has 1 heterocycles. The zero-order valence-corrected chi connectivity index (χ0v) is 21.7. The monoisotopic (exact) mass is 524 g/mol. The number of unbranched alkanes of at least 4 members (excludes halogenated alkanes) is 1. The molecule has 2 nitrogen and oxygen atoms in total. The molecule has 1 fully saturated rings. The van der Waals surface area contributed by atoms with Crippen molar-refractivity contribution >= 4 is 23.2 Å². The molecular formula is C29H34BrO2P. The molecule has 1 aliphatic heterocycles. The SMILES string of the molecule is C(=CC[P+](c1ccccc1)(c1ccccc1)c1ccccc1)CCCOC1CCCCO1.[Br-]. The predicted molar refractivity (Wildman–Crippen MR) is 138 cm³/mol. The normalized spacial score (nSPS) is 16.4. The van der Waals surface area contributed by atoms with Crippen LogP contribution in [0.15, 0.2) is 103 Å². The van der Waals surface area contributed by atoms with Gasteiger partial charge in [0.25, 0.3) is 0 Å². The van der Waals surface area contributed by atoms with Crippen LogP contribution in [0, 0.1) is 0 Å². The van der Waals surface area contributed by atoms with Gasteiger partial charge in [-0.15, -0.1) is 0 Å². The number of benzene rings is 3. The Morgan fingerprint density at radius 3 is 1.79 bits per heavy atom. The molecule has 0 N–H and O–H groups in total. The Bertz CT molecular complexity index is 844. The van der Waals surface area contributed by atoms with E-state index in [0.29, 0.717) is 0 Å². The standard InChI is InChI=1S/C29H34O2P.BrH/c1(13-23-30-29-22-12-14-24-31-29)2-15-25-32(26-16-6-3-7-17-26,27-18-8-4-9-19-27)28-20-10-5-11-21-28;/h2-11,15-21,29H,1,12-14,22-25H2;1H/q+1;/p-1. The largest absolute Gasteiger partial charge is 1.00 e. The highest BCUT2D eigenvalue weighted by Gasteiger charge is 2.43. The summed E-state index contributed by atoms with van der Waals surface area (Å²) in [5, 5.41) is 4.29. The molecule has 0 radical (unpaired) electrons. The van der Waals surface area contributed by atoms with Gasteiger partial charge in [-0.25, -0.2) is 0 Å². The third-order valence-corrected chi connectivity index (χ3v) is 10.4. The number of hydrogen-bond donors (Lipinski definition) is 0. The minimum Gasteiger partial charge on any atom is -1.00 e. The van der Waals surface area contributed by atoms with Crippen molar-refractivity contribution in [3.8, 4) is 0 Å². The van der Waals surface area contributed by atoms with Gasteiger partial charge < -0.3 is 26.5 Å². The fourth-order valence-electron chi connectivity index (χ4n) is 4.42. The van der Waals surface area contributed by atoms with Crippen molar-refractivity contribution in [2.75, 3.05) is 19.4 Å². The summed E-state index contributed by atoms with van der Waals surface area (Å²) in [6.07, 6.45) is 11.3. The second-order valence-corrected chi connectivity index (χ2v) is 11.8. The van der Waals surface area contributed by atoms with Gasteiger partial charge in [0.05, 0.1) is 12.8 Å². The highest BCUT2D eigenvalue weighted by atomic mass is 79.9. The van der Waals surface area contributed by atoms with Gasteiger partial charge in [-0.05, 0) is 68.5 Å². The minimum absolute atomic E-state index is 0. The lowest BCUT2D eigenvalue weighted by Crippen LogP contribution is -3.00. The van der Waals surface area contributed by atoms with Gasteiger partial charge in [-0.1, -0.05) is 66.7 Å². The molecule has 4 rings (SSSR count). The first kappa shape index (κ1) is 25.8. The molecule has 33 heavy (non-hydrogen) atoms. The van der Waals surface area contributed by atoms with E-state index in [1.165, 1.54) is 22.3 Å². The summed E-state index contributed by atoms with van der Waals surface area (Å²) in [4.78, 5) is 0. The maximum absolute atomic E-state index is 5.89. The van der Waals surface area contributed by atoms with Crippen LogP contribution in [0.3, 0.4) is 0 Å². The molecule has 0 aromatic heterocycles. The van der Waals surface area contributed by atoms with E-state index in [1.54, 1.807) is 0 Å². The Morgan fingerprint density at radius 1 is 0.758 bits per heavy atom. The number of halogens is 1. The lowest BCUT2D eigenvalue weighted by Gasteiger charge is -2.26. The summed E-state index contributed by atoms with van der Waals surface area (Å²) >= 11 is 0. The smallest absolute Gasteiger partial charge is 0.157 e. The molecule has 4 heteroatoms. The van der Waals surface area contributed by atoms with Crippen LogP contribution in [0.5, 0.6) is 0 Å². The lowest BCUT2D eigenvalue weighted by molar-refractivity contribution is -0.162. The zero-order valence-electron chi connectivity index (χ0n) is 19.2. The van der Waals surface area contributed by atoms with Gasteiger partial charge in [0.2, 0.25) is 0 Å². The number of allylic oxidation sites excluding steroid dienone is 2. The van der Waals surface area contributed by atoms with Crippen molar-refractivity contribution in [1.29, 1.82) is 0 Å². The van der Waals surface area contributed by atoms with E-state index in [1.807, 2.05) is 0 Å². The second kappa shape index (κ2) is 13.8. The van der Waals surface area contributed by atoms with E-state index in [0.717, 1.165) is 45.1 Å². The highest BCUT2D eigenvalue weighted by Crippen LogP contribution is 2.55. The number of ether oxygens (including phenoxy) is 2. The molecular weight excluding hydrogens is 491 g/mol. The van der Waals surface area contributed by atoms with Gasteiger partial charge in [0.1, 0.15) is 23.2 Å². The molecule has 3 aromatic carbocycles. The number of rotatable bonds is 10. The molecule has 0 saturated carbocycles. The van der Waals surface area contributed by atoms with E-state index in [4.69, 9.17) is 9.47 Å². The summed E-state index contributed by atoms with van der Waals surface area (Å²) in [7, 11) is -1.77. The third-order valence-electron chi connectivity index (χ3n) is 6.09. The highest BCUT2D eigenvalue weighted by molar-refractivity contribution is 7.95. The molecule has 0 bridgehead atoms. The maximum Gasteiger partial charge on any atom is 0.157 e. The summed E-state index contributed by atoms with van der Waals surface area (Å²) in [6, 6.07) is 33.2. The first-order valence-electron chi connectivity index (χ1n) is 11.8. The average molecular weight is 525 g/mol. The summed E-state index contributed by atoms with van der Waals surface area (Å²) in [5.74, 6) is 0. The van der Waals surface area contributed by atoms with Gasteiger partial charge in [0, 0.05) is 6.61 Å². The van der Waals surface area contributed by atoms with Crippen LogP contribution < -0.4 is 32.9 Å². The van der Waals surface area contributed by atoms with Crippen molar-refractivity contribution in [1.82, 2.24) is 0 Å². The van der Waals surface area contributed by atoms with Gasteiger partial charge in [-0.3, -0.25) is 0 Å². The Kier molecular flexibility index (Phi) is 10.8. The molecule has 3 aromatic rings. The van der Waals surface area contributed by atoms with E-state index < -0.39 is 7.26 Å². The lowest BCUT2D eigenvalue weighted by atomic mass is 10.2. The van der Waals surface area contributed by atoms with Crippen molar-refractivity contribution in [2.45, 2.75) is 38.4 Å². The third kappa shape index (κ3) is 6.87. The van der Waals surface area contributed by atoms with Gasteiger partial charge in [0.15, 0.2) is 6.29 Å². The Hall–Kier alpha value is -1.77. The molecule has 1 atom stereocenters. The van der Waals surface area contributed by atoms with Crippen LogP contribution in [0.25, 0.3) is 0 Å². The zero-order chi connectivity index (χ0) is 21.9. The Balaban J connectivity index is 0.00000306. The van der Waals surface area contributed by atoms with Crippen LogP contribution in [0.1, 0.15) is 32.1 Å². The summed E-state index contributed by atoms with van der Waals surface area (Å²) in [6.45, 7) is 1.61. The Labute approximate surface area is 210 Å². The van der Waals surface area contributed by atoms with E-state index >= 15 is 0 Å². The average Bonchev–Trinajstić information content (AvgIpc) is 2.88. The van der Waals surface area contributed by atoms with E-state index in [9.17, 15) is 0 Å². The summed E-state index contributed by atoms with van der Waals surface area (Å²) < 4.78 is 11.6. The first-order valence-corrected chi connectivity index (χ1v) is 13.8. The molecule has 0 amide bonds. The second-order valence-electron chi connectivity index (χ2n) is 8.28. The fraction of sp³-hybridized carbons (Fsp3) is 0.310. The molecule has 0 aliphatic carbocycles. The van der Waals surface area contributed by atoms with Crippen LogP contribution >= 0.6 is 7.26 Å². The van der Waals surface area contributed by atoms with Gasteiger partial charge >= 0.3 is 0 Å². The van der Waals surface area contributed by atoms with Crippen LogP contribution in [0.2, 0.25) is 0 Å². The minimum atomic E-state index is -1.77. The quantitative estimate of drug-likeness (QED) is 0.230. The van der Waals surface area contributed by atoms with Crippen LogP contribution in [-0.4, -0.2) is 25.7 Å². The Morgan fingerprint density at radius 2 is 1.30 bits per heavy atom. The van der Waals surface area contributed by atoms with Crippen LogP contribution in [0.4, 0.5) is 0 Å². The molecule has 0 spiro atoms. The predicted octanol–water partition coefficient (Wildman–Crippen LogP) is 2.86. The van der Waals surface area contributed by atoms with E-state index in [2.05, 4.69) is 103 Å².